The van der Waals surface area contributed by atoms with Gasteiger partial charge in [0.15, 0.2) is 0 Å². The summed E-state index contributed by atoms with van der Waals surface area (Å²) in [5.41, 5.74) is 3.90. The van der Waals surface area contributed by atoms with Crippen molar-refractivity contribution in [1.82, 2.24) is 4.90 Å². The highest BCUT2D eigenvalue weighted by Crippen LogP contribution is 2.21. The van der Waals surface area contributed by atoms with Crippen LogP contribution in [0, 0.1) is 13.8 Å². The smallest absolute Gasteiger partial charge is 0.323 e. The number of carbonyl (C=O) groups excluding carboxylic acids is 1. The van der Waals surface area contributed by atoms with Crippen molar-refractivity contribution in [1.29, 1.82) is 0 Å². The predicted molar refractivity (Wildman–Crippen MR) is 76.0 cm³/mol. The molecule has 19 heavy (non-hydrogen) atoms. The van der Waals surface area contributed by atoms with Gasteiger partial charge in [-0.05, 0) is 49.9 Å². The van der Waals surface area contributed by atoms with Crippen molar-refractivity contribution in [3.8, 4) is 0 Å². The number of benzene rings is 1. The monoisotopic (exact) mass is 261 g/mol. The molecule has 1 fully saturated rings. The molecule has 104 valence electrons. The average molecular weight is 261 g/mol. The molecule has 1 atom stereocenters. The van der Waals surface area contributed by atoms with Crippen LogP contribution in [0.5, 0.6) is 0 Å². The lowest BCUT2D eigenvalue weighted by Crippen LogP contribution is -2.44. The van der Waals surface area contributed by atoms with Gasteiger partial charge in [-0.1, -0.05) is 24.6 Å². The van der Waals surface area contributed by atoms with Crippen molar-refractivity contribution in [2.24, 2.45) is 0 Å². The lowest BCUT2D eigenvalue weighted by molar-refractivity contribution is -0.148. The quantitative estimate of drug-likeness (QED) is 0.784. The number of methoxy groups -OCH3 is 1. The minimum absolute atomic E-state index is 0.0691. The molecule has 1 aliphatic heterocycles. The normalized spacial score (nSPS) is 20.3. The maximum absolute atomic E-state index is 11.8. The molecule has 0 N–H and O–H groups in total. The number of carbonyl (C=O) groups is 1. The Morgan fingerprint density at radius 2 is 2.11 bits per heavy atom. The van der Waals surface area contributed by atoms with Crippen LogP contribution in [0.1, 0.15) is 36.0 Å². The van der Waals surface area contributed by atoms with Gasteiger partial charge in [0, 0.05) is 6.54 Å². The second kappa shape index (κ2) is 6.20. The minimum atomic E-state index is -0.0940. The second-order valence-corrected chi connectivity index (χ2v) is 5.42. The van der Waals surface area contributed by atoms with Crippen molar-refractivity contribution in [2.75, 3.05) is 13.7 Å². The van der Waals surface area contributed by atoms with E-state index >= 15 is 0 Å². The molecular weight excluding hydrogens is 238 g/mol. The number of hydrogen-bond acceptors (Lipinski definition) is 3. The molecule has 0 aliphatic carbocycles. The molecule has 1 aromatic carbocycles. The van der Waals surface area contributed by atoms with Gasteiger partial charge in [0.2, 0.25) is 0 Å². The maximum atomic E-state index is 11.8. The average Bonchev–Trinajstić information content (AvgIpc) is 2.43. The van der Waals surface area contributed by atoms with E-state index in [4.69, 9.17) is 4.74 Å². The highest BCUT2D eigenvalue weighted by atomic mass is 16.5. The number of nitrogens with zero attached hydrogens (tertiary/aromatic N) is 1. The van der Waals surface area contributed by atoms with E-state index in [1.165, 1.54) is 30.2 Å². The Balaban J connectivity index is 2.10. The molecule has 1 aromatic rings. The molecule has 0 bridgehead atoms. The molecule has 1 saturated heterocycles. The summed E-state index contributed by atoms with van der Waals surface area (Å²) < 4.78 is 4.92. The molecule has 3 heteroatoms. The van der Waals surface area contributed by atoms with Crippen LogP contribution in [0.2, 0.25) is 0 Å². The fourth-order valence-corrected chi connectivity index (χ4v) is 2.72. The van der Waals surface area contributed by atoms with E-state index in [0.29, 0.717) is 0 Å². The predicted octanol–water partition coefficient (Wildman–Crippen LogP) is 2.83. The Bertz CT molecular complexity index is 456. The number of piperidine rings is 1. The minimum Gasteiger partial charge on any atom is -0.468 e. The molecule has 1 aliphatic rings. The maximum Gasteiger partial charge on any atom is 0.323 e. The number of ether oxygens (including phenoxy) is 1. The number of likely N-dealkylation sites (tertiary alicyclic amines) is 1. The van der Waals surface area contributed by atoms with Crippen molar-refractivity contribution >= 4 is 5.97 Å². The lowest BCUT2D eigenvalue weighted by atomic mass is 10.00. The Kier molecular flexibility index (Phi) is 4.59. The number of rotatable bonds is 3. The summed E-state index contributed by atoms with van der Waals surface area (Å²) in [6.07, 6.45) is 3.19. The van der Waals surface area contributed by atoms with Gasteiger partial charge in [0.05, 0.1) is 7.11 Å². The van der Waals surface area contributed by atoms with Crippen LogP contribution in [0.4, 0.5) is 0 Å². The van der Waals surface area contributed by atoms with Crippen LogP contribution >= 0.6 is 0 Å². The number of hydrogen-bond donors (Lipinski definition) is 0. The first kappa shape index (κ1) is 14.1. The first-order valence-electron chi connectivity index (χ1n) is 7.00. The summed E-state index contributed by atoms with van der Waals surface area (Å²) in [7, 11) is 1.48. The summed E-state index contributed by atoms with van der Waals surface area (Å²) in [6, 6.07) is 6.46. The molecule has 0 amide bonds. The molecule has 0 saturated carbocycles. The topological polar surface area (TPSA) is 29.5 Å². The summed E-state index contributed by atoms with van der Waals surface area (Å²) in [4.78, 5) is 14.1. The largest absolute Gasteiger partial charge is 0.468 e. The summed E-state index contributed by atoms with van der Waals surface area (Å²) in [5, 5.41) is 0. The lowest BCUT2D eigenvalue weighted by Gasteiger charge is -2.33. The third kappa shape index (κ3) is 3.35. The Hall–Kier alpha value is -1.35. The number of esters is 1. The van der Waals surface area contributed by atoms with Crippen LogP contribution in [-0.2, 0) is 16.1 Å². The van der Waals surface area contributed by atoms with Crippen LogP contribution in [0.25, 0.3) is 0 Å². The van der Waals surface area contributed by atoms with Gasteiger partial charge in [0.25, 0.3) is 0 Å². The van der Waals surface area contributed by atoms with Crippen molar-refractivity contribution in [2.45, 2.75) is 45.7 Å². The molecule has 0 aromatic heterocycles. The zero-order valence-corrected chi connectivity index (χ0v) is 12.1. The molecule has 0 radical (unpaired) electrons. The second-order valence-electron chi connectivity index (χ2n) is 5.42. The highest BCUT2D eigenvalue weighted by molar-refractivity contribution is 5.75. The van der Waals surface area contributed by atoms with Gasteiger partial charge in [-0.3, -0.25) is 9.69 Å². The van der Waals surface area contributed by atoms with Crippen molar-refractivity contribution in [3.05, 3.63) is 34.9 Å². The zero-order chi connectivity index (χ0) is 13.8. The van der Waals surface area contributed by atoms with E-state index in [9.17, 15) is 4.79 Å². The molecular formula is C16H23NO2. The van der Waals surface area contributed by atoms with Crippen molar-refractivity contribution in [3.63, 3.8) is 0 Å². The van der Waals surface area contributed by atoms with Crippen molar-refractivity contribution < 1.29 is 9.53 Å². The first-order chi connectivity index (χ1) is 9.11. The Morgan fingerprint density at radius 1 is 1.32 bits per heavy atom. The molecule has 1 unspecified atom stereocenters. The standard InChI is InChI=1S/C16H23NO2/c1-12-7-8-14(10-13(12)2)11-17-9-5-4-6-15(17)16(18)19-3/h7-8,10,15H,4-6,9,11H2,1-3H3. The van der Waals surface area contributed by atoms with Crippen LogP contribution < -0.4 is 0 Å². The third-order valence-electron chi connectivity index (χ3n) is 4.04. The zero-order valence-electron chi connectivity index (χ0n) is 12.1. The van der Waals surface area contributed by atoms with E-state index in [1.807, 2.05) is 0 Å². The summed E-state index contributed by atoms with van der Waals surface area (Å²) >= 11 is 0. The van der Waals surface area contributed by atoms with E-state index in [0.717, 1.165) is 25.9 Å². The number of aryl methyl sites for hydroxylation is 2. The summed E-state index contributed by atoms with van der Waals surface area (Å²) in [6.45, 7) is 6.07. The summed E-state index contributed by atoms with van der Waals surface area (Å²) in [5.74, 6) is -0.0940. The van der Waals surface area contributed by atoms with Crippen LogP contribution in [0.15, 0.2) is 18.2 Å². The van der Waals surface area contributed by atoms with Gasteiger partial charge in [-0.2, -0.15) is 0 Å². The fraction of sp³-hybridized carbons (Fsp3) is 0.562. The third-order valence-corrected chi connectivity index (χ3v) is 4.04. The van der Waals surface area contributed by atoms with E-state index < -0.39 is 0 Å². The van der Waals surface area contributed by atoms with Crippen LogP contribution in [-0.4, -0.2) is 30.6 Å². The molecule has 3 nitrogen and oxygen atoms in total. The van der Waals surface area contributed by atoms with Gasteiger partial charge in [0.1, 0.15) is 6.04 Å². The Morgan fingerprint density at radius 3 is 2.79 bits per heavy atom. The van der Waals surface area contributed by atoms with Gasteiger partial charge in [-0.25, -0.2) is 0 Å². The molecule has 2 rings (SSSR count). The molecule has 1 heterocycles. The first-order valence-corrected chi connectivity index (χ1v) is 7.00. The highest BCUT2D eigenvalue weighted by Gasteiger charge is 2.29. The SMILES string of the molecule is COC(=O)C1CCCCN1Cc1ccc(C)c(C)c1. The molecule has 0 spiro atoms. The fourth-order valence-electron chi connectivity index (χ4n) is 2.72. The van der Waals surface area contributed by atoms with E-state index in [2.05, 4.69) is 36.9 Å². The van der Waals surface area contributed by atoms with E-state index in [-0.39, 0.29) is 12.0 Å². The Labute approximate surface area is 115 Å². The van der Waals surface area contributed by atoms with Gasteiger partial charge < -0.3 is 4.74 Å². The van der Waals surface area contributed by atoms with Gasteiger partial charge in [-0.15, -0.1) is 0 Å². The van der Waals surface area contributed by atoms with E-state index in [1.54, 1.807) is 0 Å². The van der Waals surface area contributed by atoms with Crippen LogP contribution in [0.3, 0.4) is 0 Å². The van der Waals surface area contributed by atoms with Gasteiger partial charge >= 0.3 is 5.97 Å².